The summed E-state index contributed by atoms with van der Waals surface area (Å²) in [5.41, 5.74) is 1.98. The van der Waals surface area contributed by atoms with Crippen molar-refractivity contribution in [3.05, 3.63) is 65.7 Å². The van der Waals surface area contributed by atoms with E-state index in [-0.39, 0.29) is 30.4 Å². The lowest BCUT2D eigenvalue weighted by Crippen LogP contribution is -2.46. The van der Waals surface area contributed by atoms with Gasteiger partial charge in [-0.1, -0.05) is 12.1 Å². The van der Waals surface area contributed by atoms with Crippen LogP contribution in [0.1, 0.15) is 30.2 Å². The molecule has 2 unspecified atom stereocenters. The van der Waals surface area contributed by atoms with Gasteiger partial charge in [0.05, 0.1) is 19.7 Å². The van der Waals surface area contributed by atoms with Crippen LogP contribution < -0.4 is 5.32 Å². The van der Waals surface area contributed by atoms with Crippen molar-refractivity contribution in [2.45, 2.75) is 19.1 Å². The number of pyridine rings is 1. The summed E-state index contributed by atoms with van der Waals surface area (Å²) in [6.45, 7) is 3.81. The Morgan fingerprint density at radius 3 is 2.76 bits per heavy atom. The van der Waals surface area contributed by atoms with E-state index < -0.39 is 0 Å². The van der Waals surface area contributed by atoms with Gasteiger partial charge in [-0.25, -0.2) is 4.39 Å². The quantitative estimate of drug-likeness (QED) is 0.906. The number of nitrogens with one attached hydrogen (secondary N) is 1. The Morgan fingerprint density at radius 1 is 1.32 bits per heavy atom. The summed E-state index contributed by atoms with van der Waals surface area (Å²) < 4.78 is 18.8. The molecule has 25 heavy (non-hydrogen) atoms. The lowest BCUT2D eigenvalue weighted by Gasteiger charge is -2.33. The highest BCUT2D eigenvalue weighted by Crippen LogP contribution is 2.22. The molecule has 0 spiro atoms. The monoisotopic (exact) mass is 343 g/mol. The molecule has 0 radical (unpaired) electrons. The van der Waals surface area contributed by atoms with Gasteiger partial charge < -0.3 is 15.0 Å². The number of rotatable bonds is 5. The van der Waals surface area contributed by atoms with E-state index in [9.17, 15) is 9.18 Å². The molecule has 3 rings (SSSR count). The van der Waals surface area contributed by atoms with Crippen molar-refractivity contribution < 1.29 is 13.9 Å². The first-order valence-corrected chi connectivity index (χ1v) is 8.41. The minimum Gasteiger partial charge on any atom is -0.370 e. The second kappa shape index (κ2) is 8.18. The van der Waals surface area contributed by atoms with E-state index in [1.165, 1.54) is 12.1 Å². The van der Waals surface area contributed by atoms with Gasteiger partial charge in [-0.05, 0) is 42.3 Å². The summed E-state index contributed by atoms with van der Waals surface area (Å²) in [6.07, 6.45) is 3.27. The number of benzene rings is 1. The molecule has 2 aromatic rings. The summed E-state index contributed by atoms with van der Waals surface area (Å²) >= 11 is 0. The van der Waals surface area contributed by atoms with Gasteiger partial charge in [0.1, 0.15) is 11.9 Å². The number of carbonyl (C=O) groups is 1. The van der Waals surface area contributed by atoms with Crippen LogP contribution in [0, 0.1) is 5.82 Å². The van der Waals surface area contributed by atoms with Gasteiger partial charge in [-0.3, -0.25) is 9.78 Å². The maximum atomic E-state index is 13.1. The van der Waals surface area contributed by atoms with Crippen molar-refractivity contribution in [1.29, 1.82) is 0 Å². The lowest BCUT2D eigenvalue weighted by atomic mass is 10.1. The fraction of sp³-hybridized carbons (Fsp3) is 0.368. The van der Waals surface area contributed by atoms with E-state index in [2.05, 4.69) is 10.3 Å². The van der Waals surface area contributed by atoms with Gasteiger partial charge in [0.15, 0.2) is 0 Å². The standard InChI is InChI=1S/C19H22FN3O2/c1-14(15-6-8-21-9-7-15)22-12-19(24)23-10-11-25-18(13-23)16-2-4-17(20)5-3-16/h2-9,14,18,22H,10-13H2,1H3. The molecule has 6 heteroatoms. The molecule has 1 aliphatic heterocycles. The van der Waals surface area contributed by atoms with Gasteiger partial charge in [0, 0.05) is 25.0 Å². The number of amides is 1. The number of nitrogens with zero attached hydrogens (tertiary/aromatic N) is 2. The molecule has 1 saturated heterocycles. The number of aromatic nitrogens is 1. The first-order valence-electron chi connectivity index (χ1n) is 8.41. The van der Waals surface area contributed by atoms with Crippen LogP contribution in [0.4, 0.5) is 4.39 Å². The highest BCUT2D eigenvalue weighted by molar-refractivity contribution is 5.78. The molecular weight excluding hydrogens is 321 g/mol. The van der Waals surface area contributed by atoms with Crippen LogP contribution in [0.3, 0.4) is 0 Å². The minimum atomic E-state index is -0.276. The van der Waals surface area contributed by atoms with Gasteiger partial charge >= 0.3 is 0 Å². The molecular formula is C19H22FN3O2. The summed E-state index contributed by atoms with van der Waals surface area (Å²) in [4.78, 5) is 18.3. The van der Waals surface area contributed by atoms with E-state index in [0.717, 1.165) is 11.1 Å². The molecule has 2 atom stereocenters. The Hall–Kier alpha value is -2.31. The van der Waals surface area contributed by atoms with Crippen LogP contribution in [0.2, 0.25) is 0 Å². The van der Waals surface area contributed by atoms with Crippen LogP contribution >= 0.6 is 0 Å². The maximum absolute atomic E-state index is 13.1. The Bertz CT molecular complexity index is 694. The molecule has 132 valence electrons. The Kier molecular flexibility index (Phi) is 5.73. The number of halogens is 1. The van der Waals surface area contributed by atoms with Crippen LogP contribution in [0.25, 0.3) is 0 Å². The number of hydrogen-bond donors (Lipinski definition) is 1. The van der Waals surface area contributed by atoms with Crippen molar-refractivity contribution in [2.75, 3.05) is 26.2 Å². The molecule has 1 amide bonds. The maximum Gasteiger partial charge on any atom is 0.236 e. The Balaban J connectivity index is 1.54. The zero-order chi connectivity index (χ0) is 17.6. The fourth-order valence-corrected chi connectivity index (χ4v) is 2.88. The summed E-state index contributed by atoms with van der Waals surface area (Å²) in [5, 5.41) is 3.25. The Labute approximate surface area is 146 Å². The first kappa shape index (κ1) is 17.5. The molecule has 1 aromatic heterocycles. The van der Waals surface area contributed by atoms with Crippen LogP contribution in [-0.2, 0) is 9.53 Å². The van der Waals surface area contributed by atoms with E-state index in [1.807, 2.05) is 19.1 Å². The highest BCUT2D eigenvalue weighted by atomic mass is 19.1. The molecule has 1 fully saturated rings. The second-order valence-corrected chi connectivity index (χ2v) is 6.13. The van der Waals surface area contributed by atoms with Crippen molar-refractivity contribution in [3.63, 3.8) is 0 Å². The third-order valence-corrected chi connectivity index (χ3v) is 4.43. The van der Waals surface area contributed by atoms with Crippen molar-refractivity contribution >= 4 is 5.91 Å². The second-order valence-electron chi connectivity index (χ2n) is 6.13. The van der Waals surface area contributed by atoms with E-state index in [1.54, 1.807) is 29.4 Å². The SMILES string of the molecule is CC(NCC(=O)N1CCOC(c2ccc(F)cc2)C1)c1ccncc1. The van der Waals surface area contributed by atoms with Crippen LogP contribution in [-0.4, -0.2) is 42.0 Å². The zero-order valence-electron chi connectivity index (χ0n) is 14.2. The molecule has 1 aliphatic rings. The molecule has 1 N–H and O–H groups in total. The largest absolute Gasteiger partial charge is 0.370 e. The number of morpholine rings is 1. The number of hydrogen-bond acceptors (Lipinski definition) is 4. The molecule has 0 bridgehead atoms. The smallest absolute Gasteiger partial charge is 0.236 e. The fourth-order valence-electron chi connectivity index (χ4n) is 2.88. The molecule has 1 aromatic carbocycles. The van der Waals surface area contributed by atoms with Crippen LogP contribution in [0.15, 0.2) is 48.8 Å². The summed E-state index contributed by atoms with van der Waals surface area (Å²) in [6, 6.07) is 10.2. The van der Waals surface area contributed by atoms with E-state index in [0.29, 0.717) is 19.7 Å². The number of ether oxygens (including phenoxy) is 1. The topological polar surface area (TPSA) is 54.5 Å². The van der Waals surface area contributed by atoms with Crippen molar-refractivity contribution in [2.24, 2.45) is 0 Å². The lowest BCUT2D eigenvalue weighted by molar-refractivity contribution is -0.138. The summed E-state index contributed by atoms with van der Waals surface area (Å²) in [7, 11) is 0. The predicted octanol–water partition coefficient (Wildman–Crippen LogP) is 2.47. The van der Waals surface area contributed by atoms with Crippen molar-refractivity contribution in [3.8, 4) is 0 Å². The first-order chi connectivity index (χ1) is 12.1. The molecule has 2 heterocycles. The van der Waals surface area contributed by atoms with E-state index >= 15 is 0 Å². The average molecular weight is 343 g/mol. The van der Waals surface area contributed by atoms with Gasteiger partial charge in [-0.2, -0.15) is 0 Å². The molecule has 0 saturated carbocycles. The third-order valence-electron chi connectivity index (χ3n) is 4.43. The minimum absolute atomic E-state index is 0.0383. The third kappa shape index (κ3) is 4.61. The zero-order valence-corrected chi connectivity index (χ0v) is 14.2. The average Bonchev–Trinajstić information content (AvgIpc) is 2.67. The predicted molar refractivity (Wildman–Crippen MR) is 92.3 cm³/mol. The molecule has 0 aliphatic carbocycles. The highest BCUT2D eigenvalue weighted by Gasteiger charge is 2.25. The van der Waals surface area contributed by atoms with Crippen LogP contribution in [0.5, 0.6) is 0 Å². The van der Waals surface area contributed by atoms with Crippen molar-refractivity contribution in [1.82, 2.24) is 15.2 Å². The van der Waals surface area contributed by atoms with E-state index in [4.69, 9.17) is 4.74 Å². The molecule has 5 nitrogen and oxygen atoms in total. The Morgan fingerprint density at radius 2 is 2.04 bits per heavy atom. The number of carbonyl (C=O) groups excluding carboxylic acids is 1. The van der Waals surface area contributed by atoms with Gasteiger partial charge in [-0.15, -0.1) is 0 Å². The normalized spacial score (nSPS) is 18.8. The summed E-state index contributed by atoms with van der Waals surface area (Å²) in [5.74, 6) is -0.238. The van der Waals surface area contributed by atoms with Gasteiger partial charge in [0.2, 0.25) is 5.91 Å². The van der Waals surface area contributed by atoms with Gasteiger partial charge in [0.25, 0.3) is 0 Å².